The maximum atomic E-state index is 12.0. The Kier molecular flexibility index (Phi) is 5.03. The van der Waals surface area contributed by atoms with E-state index in [1.807, 2.05) is 0 Å². The molecule has 3 N–H and O–H groups in total. The van der Waals surface area contributed by atoms with Crippen LogP contribution in [0.25, 0.3) is 0 Å². The maximum Gasteiger partial charge on any atom is 0.289 e. The molecule has 20 heavy (non-hydrogen) atoms. The van der Waals surface area contributed by atoms with Crippen LogP contribution in [-0.4, -0.2) is 25.3 Å². The standard InChI is InChI=1S/C10H12ClN3O5S/c1-6(4-10(12)15)13-20(18,19)7-2-3-8(11)9(5-7)14(16)17/h2-3,5-6,13H,4H2,1H3,(H2,12,15). The number of nitrogens with zero attached hydrogens (tertiary/aromatic N) is 1. The molecule has 0 heterocycles. The van der Waals surface area contributed by atoms with Gasteiger partial charge in [0.15, 0.2) is 0 Å². The fourth-order valence-corrected chi connectivity index (χ4v) is 2.93. The van der Waals surface area contributed by atoms with Crippen molar-refractivity contribution in [3.8, 4) is 0 Å². The van der Waals surface area contributed by atoms with Gasteiger partial charge < -0.3 is 5.73 Å². The van der Waals surface area contributed by atoms with Crippen LogP contribution in [0.2, 0.25) is 5.02 Å². The average Bonchev–Trinajstić information content (AvgIpc) is 2.26. The minimum absolute atomic E-state index is 0.167. The molecule has 1 aromatic carbocycles. The minimum atomic E-state index is -4.00. The lowest BCUT2D eigenvalue weighted by atomic mass is 10.2. The third-order valence-corrected chi connectivity index (χ3v) is 4.20. The quantitative estimate of drug-likeness (QED) is 0.590. The molecule has 0 aliphatic rings. The van der Waals surface area contributed by atoms with Gasteiger partial charge in [0.2, 0.25) is 15.9 Å². The first-order valence-electron chi connectivity index (χ1n) is 5.38. The number of carbonyl (C=O) groups excluding carboxylic acids is 1. The number of benzene rings is 1. The molecular weight excluding hydrogens is 310 g/mol. The van der Waals surface area contributed by atoms with Crippen LogP contribution in [0.3, 0.4) is 0 Å². The van der Waals surface area contributed by atoms with Gasteiger partial charge >= 0.3 is 0 Å². The van der Waals surface area contributed by atoms with Crippen molar-refractivity contribution in [3.05, 3.63) is 33.3 Å². The molecule has 8 nitrogen and oxygen atoms in total. The largest absolute Gasteiger partial charge is 0.370 e. The summed E-state index contributed by atoms with van der Waals surface area (Å²) >= 11 is 5.60. The average molecular weight is 322 g/mol. The monoisotopic (exact) mass is 321 g/mol. The second kappa shape index (κ2) is 6.16. The van der Waals surface area contributed by atoms with Crippen molar-refractivity contribution in [2.24, 2.45) is 5.73 Å². The van der Waals surface area contributed by atoms with E-state index in [0.717, 1.165) is 18.2 Å². The molecule has 0 aromatic heterocycles. The molecule has 1 aromatic rings. The smallest absolute Gasteiger partial charge is 0.289 e. The molecule has 0 saturated carbocycles. The first kappa shape index (κ1) is 16.3. The number of primary amides is 1. The van der Waals surface area contributed by atoms with Gasteiger partial charge in [-0.2, -0.15) is 0 Å². The van der Waals surface area contributed by atoms with E-state index >= 15 is 0 Å². The van der Waals surface area contributed by atoms with Crippen molar-refractivity contribution in [3.63, 3.8) is 0 Å². The zero-order chi connectivity index (χ0) is 15.5. The van der Waals surface area contributed by atoms with E-state index in [9.17, 15) is 23.3 Å². The topological polar surface area (TPSA) is 132 Å². The number of nitrogens with two attached hydrogens (primary N) is 1. The molecule has 0 bridgehead atoms. The summed E-state index contributed by atoms with van der Waals surface area (Å²) < 4.78 is 26.2. The molecule has 0 fully saturated rings. The molecule has 0 spiro atoms. The van der Waals surface area contributed by atoms with Crippen molar-refractivity contribution in [1.82, 2.24) is 4.72 Å². The number of rotatable bonds is 6. The van der Waals surface area contributed by atoms with Crippen molar-refractivity contribution < 1.29 is 18.1 Å². The normalized spacial score (nSPS) is 12.9. The third-order valence-electron chi connectivity index (χ3n) is 2.29. The number of nitro groups is 1. The van der Waals surface area contributed by atoms with Gasteiger partial charge in [0.05, 0.1) is 9.82 Å². The second-order valence-electron chi connectivity index (χ2n) is 4.06. The Bertz CT molecular complexity index is 646. The molecule has 0 aliphatic carbocycles. The van der Waals surface area contributed by atoms with E-state index in [1.54, 1.807) is 0 Å². The van der Waals surface area contributed by atoms with Gasteiger partial charge in [-0.1, -0.05) is 11.6 Å². The molecule has 0 aliphatic heterocycles. The van der Waals surface area contributed by atoms with Crippen LogP contribution >= 0.6 is 11.6 Å². The van der Waals surface area contributed by atoms with Crippen LogP contribution in [0.4, 0.5) is 5.69 Å². The summed E-state index contributed by atoms with van der Waals surface area (Å²) in [6.07, 6.45) is -0.186. The third kappa shape index (κ3) is 4.15. The highest BCUT2D eigenvalue weighted by Crippen LogP contribution is 2.27. The summed E-state index contributed by atoms with van der Waals surface area (Å²) in [5.74, 6) is -0.665. The number of nitro benzene ring substituents is 1. The van der Waals surface area contributed by atoms with Crippen LogP contribution in [0.1, 0.15) is 13.3 Å². The van der Waals surface area contributed by atoms with Crippen LogP contribution in [0, 0.1) is 10.1 Å². The summed E-state index contributed by atoms with van der Waals surface area (Å²) in [5, 5.41) is 10.5. The Morgan fingerprint density at radius 2 is 2.15 bits per heavy atom. The first-order chi connectivity index (χ1) is 9.13. The number of carbonyl (C=O) groups is 1. The van der Waals surface area contributed by atoms with Crippen molar-refractivity contribution in [2.75, 3.05) is 0 Å². The fourth-order valence-electron chi connectivity index (χ4n) is 1.48. The SMILES string of the molecule is CC(CC(N)=O)NS(=O)(=O)c1ccc(Cl)c([N+](=O)[O-])c1. The number of amides is 1. The Morgan fingerprint density at radius 1 is 1.55 bits per heavy atom. The zero-order valence-electron chi connectivity index (χ0n) is 10.4. The molecular formula is C10H12ClN3O5S. The van der Waals surface area contributed by atoms with Gasteiger partial charge in [-0.15, -0.1) is 0 Å². The lowest BCUT2D eigenvalue weighted by Crippen LogP contribution is -2.35. The van der Waals surface area contributed by atoms with Gasteiger partial charge in [-0.3, -0.25) is 14.9 Å². The molecule has 0 radical (unpaired) electrons. The molecule has 1 amide bonds. The van der Waals surface area contributed by atoms with Crippen LogP contribution in [-0.2, 0) is 14.8 Å². The van der Waals surface area contributed by atoms with E-state index < -0.39 is 32.6 Å². The summed E-state index contributed by atoms with van der Waals surface area (Å²) in [7, 11) is -4.00. The zero-order valence-corrected chi connectivity index (χ0v) is 11.9. The van der Waals surface area contributed by atoms with Gasteiger partial charge in [0.1, 0.15) is 5.02 Å². The van der Waals surface area contributed by atoms with Crippen LogP contribution < -0.4 is 10.5 Å². The van der Waals surface area contributed by atoms with Gasteiger partial charge in [-0.05, 0) is 19.1 Å². The van der Waals surface area contributed by atoms with E-state index in [4.69, 9.17) is 17.3 Å². The molecule has 1 atom stereocenters. The Balaban J connectivity index is 3.07. The number of hydrogen-bond acceptors (Lipinski definition) is 5. The predicted molar refractivity (Wildman–Crippen MR) is 71.7 cm³/mol. The Hall–Kier alpha value is -1.71. The highest BCUT2D eigenvalue weighted by atomic mass is 35.5. The van der Waals surface area contributed by atoms with Crippen LogP contribution in [0.5, 0.6) is 0 Å². The highest BCUT2D eigenvalue weighted by molar-refractivity contribution is 7.89. The van der Waals surface area contributed by atoms with Gasteiger partial charge in [0.25, 0.3) is 5.69 Å². The molecule has 1 unspecified atom stereocenters. The Morgan fingerprint density at radius 3 is 2.65 bits per heavy atom. The summed E-state index contributed by atoms with van der Waals surface area (Å²) in [6.45, 7) is 1.45. The molecule has 1 rings (SSSR count). The number of halogens is 1. The minimum Gasteiger partial charge on any atom is -0.370 e. The van der Waals surface area contributed by atoms with E-state index in [0.29, 0.717) is 0 Å². The van der Waals surface area contributed by atoms with E-state index in [-0.39, 0.29) is 16.3 Å². The van der Waals surface area contributed by atoms with Crippen molar-refractivity contribution in [1.29, 1.82) is 0 Å². The van der Waals surface area contributed by atoms with Gasteiger partial charge in [0, 0.05) is 18.5 Å². The summed E-state index contributed by atoms with van der Waals surface area (Å²) in [4.78, 5) is 20.3. The van der Waals surface area contributed by atoms with E-state index in [1.165, 1.54) is 6.92 Å². The second-order valence-corrected chi connectivity index (χ2v) is 6.18. The lowest BCUT2D eigenvalue weighted by molar-refractivity contribution is -0.384. The molecule has 110 valence electrons. The predicted octanol–water partition coefficient (Wildman–Crippen LogP) is 0.790. The summed E-state index contributed by atoms with van der Waals surface area (Å²) in [6, 6.07) is 2.37. The Labute approximate surface area is 120 Å². The van der Waals surface area contributed by atoms with Crippen molar-refractivity contribution >= 4 is 33.2 Å². The van der Waals surface area contributed by atoms with Gasteiger partial charge in [-0.25, -0.2) is 13.1 Å². The van der Waals surface area contributed by atoms with E-state index in [2.05, 4.69) is 4.72 Å². The molecule has 10 heteroatoms. The highest BCUT2D eigenvalue weighted by Gasteiger charge is 2.22. The number of sulfonamides is 1. The first-order valence-corrected chi connectivity index (χ1v) is 7.24. The lowest BCUT2D eigenvalue weighted by Gasteiger charge is -2.12. The number of hydrogen-bond donors (Lipinski definition) is 2. The maximum absolute atomic E-state index is 12.0. The molecule has 0 saturated heterocycles. The number of nitrogens with one attached hydrogen (secondary N) is 1. The fraction of sp³-hybridized carbons (Fsp3) is 0.300. The van der Waals surface area contributed by atoms with Crippen molar-refractivity contribution in [2.45, 2.75) is 24.3 Å². The summed E-state index contributed by atoms with van der Waals surface area (Å²) in [5.41, 5.74) is 4.44. The van der Waals surface area contributed by atoms with Crippen LogP contribution in [0.15, 0.2) is 23.1 Å².